The summed E-state index contributed by atoms with van der Waals surface area (Å²) in [5.41, 5.74) is 10.1. The molecule has 0 saturated carbocycles. The van der Waals surface area contributed by atoms with Crippen molar-refractivity contribution in [3.8, 4) is 12.1 Å². The maximum atomic E-state index is 9.97. The molecule has 0 spiro atoms. The molecule has 0 fully saturated rings. The van der Waals surface area contributed by atoms with E-state index in [4.69, 9.17) is 32.2 Å². The van der Waals surface area contributed by atoms with Crippen LogP contribution in [0.1, 0.15) is 25.7 Å². The average molecular weight is 256 g/mol. The molecule has 100 valence electrons. The summed E-state index contributed by atoms with van der Waals surface area (Å²) in [6.45, 7) is 0. The lowest BCUT2D eigenvalue weighted by Gasteiger charge is -1.99. The van der Waals surface area contributed by atoms with E-state index in [1.54, 1.807) is 0 Å². The Bertz CT molecular complexity index is 311. The molecular weight excluding hydrogens is 240 g/mol. The lowest BCUT2D eigenvalue weighted by molar-refractivity contribution is -0.139. The van der Waals surface area contributed by atoms with Crippen molar-refractivity contribution in [3.63, 3.8) is 0 Å². The first-order valence-corrected chi connectivity index (χ1v) is 5.07. The van der Waals surface area contributed by atoms with Crippen LogP contribution in [0.2, 0.25) is 0 Å². The van der Waals surface area contributed by atoms with E-state index in [1.165, 1.54) is 0 Å². The Morgan fingerprint density at radius 3 is 1.39 bits per heavy atom. The van der Waals surface area contributed by atoms with Crippen molar-refractivity contribution >= 4 is 11.9 Å². The second-order valence-electron chi connectivity index (χ2n) is 3.28. The molecule has 0 aromatic heterocycles. The second-order valence-corrected chi connectivity index (χ2v) is 3.28. The number of aliphatic carboxylic acids is 2. The molecule has 8 nitrogen and oxygen atoms in total. The Balaban J connectivity index is 0. The fourth-order valence-electron chi connectivity index (χ4n) is 0.687. The maximum Gasteiger partial charge on any atom is 0.320 e. The van der Waals surface area contributed by atoms with Gasteiger partial charge in [-0.3, -0.25) is 9.59 Å². The van der Waals surface area contributed by atoms with E-state index in [1.807, 2.05) is 12.1 Å². The third-order valence-electron chi connectivity index (χ3n) is 1.77. The van der Waals surface area contributed by atoms with E-state index in [0.29, 0.717) is 0 Å². The Labute approximate surface area is 104 Å². The van der Waals surface area contributed by atoms with Gasteiger partial charge in [0, 0.05) is 12.8 Å². The smallest absolute Gasteiger partial charge is 0.320 e. The van der Waals surface area contributed by atoms with Gasteiger partial charge in [-0.05, 0) is 12.8 Å². The van der Waals surface area contributed by atoms with Gasteiger partial charge in [-0.25, -0.2) is 0 Å². The minimum absolute atomic E-state index is 0.202. The quantitative estimate of drug-likeness (QED) is 0.487. The zero-order valence-corrected chi connectivity index (χ0v) is 9.74. The number of carboxylic acid groups (broad SMARTS) is 2. The molecule has 0 aliphatic carbocycles. The number of hydrogen-bond acceptors (Lipinski definition) is 6. The van der Waals surface area contributed by atoms with Gasteiger partial charge in [0.25, 0.3) is 0 Å². The fraction of sp³-hybridized carbons (Fsp3) is 0.600. The number of rotatable bonds is 6. The van der Waals surface area contributed by atoms with Crippen molar-refractivity contribution in [1.82, 2.24) is 0 Å². The highest BCUT2D eigenvalue weighted by Crippen LogP contribution is 1.92. The monoisotopic (exact) mass is 256 g/mol. The number of carboxylic acids is 2. The molecule has 0 amide bonds. The average Bonchev–Trinajstić information content (AvgIpc) is 2.33. The molecule has 0 heterocycles. The second kappa shape index (κ2) is 11.3. The van der Waals surface area contributed by atoms with Crippen LogP contribution in [-0.4, -0.2) is 34.2 Å². The van der Waals surface area contributed by atoms with Gasteiger partial charge < -0.3 is 21.7 Å². The molecule has 0 aromatic rings. The van der Waals surface area contributed by atoms with Crippen molar-refractivity contribution in [2.45, 2.75) is 37.8 Å². The molecule has 0 aliphatic heterocycles. The highest BCUT2D eigenvalue weighted by Gasteiger charge is 2.09. The summed E-state index contributed by atoms with van der Waals surface area (Å²) in [4.78, 5) is 19.9. The third-order valence-corrected chi connectivity index (χ3v) is 1.77. The normalized spacial score (nSPS) is 12.0. The predicted molar refractivity (Wildman–Crippen MR) is 60.9 cm³/mol. The molecule has 8 heteroatoms. The first-order chi connectivity index (χ1) is 8.36. The van der Waals surface area contributed by atoms with E-state index in [9.17, 15) is 9.59 Å². The summed E-state index contributed by atoms with van der Waals surface area (Å²) in [6.07, 6.45) is 0.860. The van der Waals surface area contributed by atoms with Crippen LogP contribution in [0, 0.1) is 22.7 Å². The van der Waals surface area contributed by atoms with Crippen molar-refractivity contribution < 1.29 is 19.8 Å². The Morgan fingerprint density at radius 1 is 0.944 bits per heavy atom. The van der Waals surface area contributed by atoms with Crippen LogP contribution < -0.4 is 11.5 Å². The number of carbonyl (C=O) groups is 2. The molecule has 0 aromatic carbocycles. The van der Waals surface area contributed by atoms with Crippen molar-refractivity contribution in [2.75, 3.05) is 0 Å². The van der Waals surface area contributed by atoms with Gasteiger partial charge in [-0.15, -0.1) is 0 Å². The molecule has 0 unspecified atom stereocenters. The fourth-order valence-corrected chi connectivity index (χ4v) is 0.687. The lowest BCUT2D eigenvalue weighted by atomic mass is 10.2. The first kappa shape index (κ1) is 18.2. The SMILES string of the molecule is N#CCC[C@H](N)C(=O)O.N#CCC[C@H](N)C(=O)O. The lowest BCUT2D eigenvalue weighted by Crippen LogP contribution is -2.29. The number of nitrogens with zero attached hydrogens (tertiary/aromatic N) is 2. The maximum absolute atomic E-state index is 9.97. The molecule has 0 radical (unpaired) electrons. The van der Waals surface area contributed by atoms with Crippen LogP contribution in [0.3, 0.4) is 0 Å². The number of nitrogens with two attached hydrogens (primary N) is 2. The van der Waals surface area contributed by atoms with Gasteiger partial charge in [-0.1, -0.05) is 0 Å². The predicted octanol–water partition coefficient (Wildman–Crippen LogP) is -0.596. The Kier molecular flexibility index (Phi) is 11.5. The number of nitriles is 2. The van der Waals surface area contributed by atoms with Crippen molar-refractivity contribution in [3.05, 3.63) is 0 Å². The Hall–Kier alpha value is -2.16. The van der Waals surface area contributed by atoms with Gasteiger partial charge in [-0.2, -0.15) is 10.5 Å². The minimum Gasteiger partial charge on any atom is -0.480 e. The first-order valence-electron chi connectivity index (χ1n) is 5.07. The highest BCUT2D eigenvalue weighted by atomic mass is 16.4. The van der Waals surface area contributed by atoms with Crippen molar-refractivity contribution in [1.29, 1.82) is 10.5 Å². The van der Waals surface area contributed by atoms with Crippen LogP contribution in [0.25, 0.3) is 0 Å². The van der Waals surface area contributed by atoms with E-state index in [-0.39, 0.29) is 25.7 Å². The Morgan fingerprint density at radius 2 is 1.22 bits per heavy atom. The third kappa shape index (κ3) is 11.9. The van der Waals surface area contributed by atoms with Crippen LogP contribution in [0.5, 0.6) is 0 Å². The van der Waals surface area contributed by atoms with E-state index in [0.717, 1.165) is 0 Å². The van der Waals surface area contributed by atoms with Crippen LogP contribution in [0.15, 0.2) is 0 Å². The summed E-state index contributed by atoms with van der Waals surface area (Å²) in [5.74, 6) is -2.10. The molecule has 18 heavy (non-hydrogen) atoms. The molecule has 0 aliphatic rings. The molecule has 0 bridgehead atoms. The van der Waals surface area contributed by atoms with Gasteiger partial charge in [0.2, 0.25) is 0 Å². The van der Waals surface area contributed by atoms with Crippen LogP contribution >= 0.6 is 0 Å². The molecule has 6 N–H and O–H groups in total. The van der Waals surface area contributed by atoms with E-state index >= 15 is 0 Å². The molecule has 2 atom stereocenters. The summed E-state index contributed by atoms with van der Waals surface area (Å²) < 4.78 is 0. The highest BCUT2D eigenvalue weighted by molar-refractivity contribution is 5.73. The van der Waals surface area contributed by atoms with E-state index in [2.05, 4.69) is 0 Å². The zero-order valence-electron chi connectivity index (χ0n) is 9.74. The molecule has 0 rings (SSSR count). The van der Waals surface area contributed by atoms with E-state index < -0.39 is 24.0 Å². The summed E-state index contributed by atoms with van der Waals surface area (Å²) in [6, 6.07) is 1.85. The zero-order chi connectivity index (χ0) is 14.6. The van der Waals surface area contributed by atoms with Gasteiger partial charge in [0.05, 0.1) is 12.1 Å². The van der Waals surface area contributed by atoms with Gasteiger partial charge >= 0.3 is 11.9 Å². The number of hydrogen-bond donors (Lipinski definition) is 4. The molecule has 0 saturated heterocycles. The standard InChI is InChI=1S/2C5H8N2O2/c2*6-3-1-2-4(7)5(8)9/h2*4H,1-2,7H2,(H,8,9)/t2*4-/m00/s1. The van der Waals surface area contributed by atoms with Gasteiger partial charge in [0.1, 0.15) is 12.1 Å². The van der Waals surface area contributed by atoms with Crippen molar-refractivity contribution in [2.24, 2.45) is 11.5 Å². The molecular formula is C10H16N4O4. The largest absolute Gasteiger partial charge is 0.480 e. The summed E-state index contributed by atoms with van der Waals surface area (Å²) in [7, 11) is 0. The van der Waals surface area contributed by atoms with Gasteiger partial charge in [0.15, 0.2) is 0 Å². The van der Waals surface area contributed by atoms with Crippen LogP contribution in [0.4, 0.5) is 0 Å². The van der Waals surface area contributed by atoms with Crippen LogP contribution in [-0.2, 0) is 9.59 Å². The minimum atomic E-state index is -1.05. The summed E-state index contributed by atoms with van der Waals surface area (Å²) in [5, 5.41) is 32.3. The topological polar surface area (TPSA) is 174 Å². The summed E-state index contributed by atoms with van der Waals surface area (Å²) >= 11 is 0.